The van der Waals surface area contributed by atoms with Gasteiger partial charge in [0.1, 0.15) is 29.1 Å². The normalized spacial score (nSPS) is 14.0. The van der Waals surface area contributed by atoms with Gasteiger partial charge in [-0.1, -0.05) is 12.1 Å². The number of aliphatic carboxylic acids is 1. The standard InChI is InChI=1S/C23H27N5O2.C13H17N5.C9H11NO3.ClH/c1-30-20-4-2-3-18(15-20)27-16-19(29)6-5-17-8-13-28(14-9-17)21-7-10-25-23-22(21)24-11-12-26-23;14-9-10-2-7-18(8-3-10)11-1-4-16-13-12(11)15-5-6-17-13;1-13-8-4-2-3-7(5-8)10-6-9(11)12;/h2-4,7,10-12,15,17,27H,5-6,8-9,13-14,16H2,1H3;1,4-6,10H,2-3,7-9,14H2;2-5,10H,6H2,1H3,(H,11,12);1H. The fourth-order valence-corrected chi connectivity index (χ4v) is 7.41. The van der Waals surface area contributed by atoms with Gasteiger partial charge in [0, 0.05) is 93.3 Å². The van der Waals surface area contributed by atoms with E-state index in [-0.39, 0.29) is 24.7 Å². The summed E-state index contributed by atoms with van der Waals surface area (Å²) in [4.78, 5) is 53.2. The predicted octanol–water partition coefficient (Wildman–Crippen LogP) is 6.52. The molecule has 4 aromatic heterocycles. The molecule has 8 rings (SSSR count). The van der Waals surface area contributed by atoms with Crippen LogP contribution in [0.1, 0.15) is 38.5 Å². The van der Waals surface area contributed by atoms with Crippen molar-refractivity contribution < 1.29 is 24.2 Å². The van der Waals surface area contributed by atoms with Crippen molar-refractivity contribution in [2.75, 3.05) is 80.5 Å². The van der Waals surface area contributed by atoms with E-state index in [0.29, 0.717) is 36.2 Å². The number of ketones is 1. The number of hydrogen-bond donors (Lipinski definition) is 4. The third-order valence-corrected chi connectivity index (χ3v) is 10.8. The number of carbonyl (C=O) groups is 2. The quantitative estimate of drug-likeness (QED) is 0.0919. The maximum atomic E-state index is 12.3. The number of carboxylic acid groups (broad SMARTS) is 1. The van der Waals surface area contributed by atoms with Crippen LogP contribution in [0, 0.1) is 11.8 Å². The average molecular weight is 866 g/mol. The Bertz CT molecular complexity index is 2310. The van der Waals surface area contributed by atoms with E-state index >= 15 is 0 Å². The lowest BCUT2D eigenvalue weighted by Gasteiger charge is -2.33. The number of anilines is 4. The van der Waals surface area contributed by atoms with Crippen LogP contribution < -0.4 is 35.6 Å². The molecule has 2 fully saturated rings. The molecule has 0 spiro atoms. The third-order valence-electron chi connectivity index (χ3n) is 10.8. The zero-order chi connectivity index (χ0) is 42.8. The Labute approximate surface area is 368 Å². The first kappa shape index (κ1) is 46.7. The number of Topliss-reactive ketones (excluding diaryl/α,β-unsaturated/α-hetero) is 1. The van der Waals surface area contributed by atoms with Crippen molar-refractivity contribution >= 4 is 69.2 Å². The molecule has 6 aromatic rings. The van der Waals surface area contributed by atoms with Crippen LogP contribution in [0.5, 0.6) is 11.5 Å². The molecule has 62 heavy (non-hydrogen) atoms. The van der Waals surface area contributed by atoms with Crippen molar-refractivity contribution in [3.05, 3.63) is 97.8 Å². The highest BCUT2D eigenvalue weighted by atomic mass is 35.5. The number of piperidine rings is 2. The van der Waals surface area contributed by atoms with Gasteiger partial charge in [0.2, 0.25) is 0 Å². The van der Waals surface area contributed by atoms with E-state index in [1.807, 2.05) is 36.4 Å². The van der Waals surface area contributed by atoms with Crippen LogP contribution in [0.15, 0.2) is 97.8 Å². The molecule has 0 saturated carbocycles. The second-order valence-corrected chi connectivity index (χ2v) is 14.9. The molecular weight excluding hydrogens is 810 g/mol. The minimum atomic E-state index is -0.886. The van der Waals surface area contributed by atoms with E-state index in [4.69, 9.17) is 20.3 Å². The fraction of sp³-hybridized carbons (Fsp3) is 0.378. The van der Waals surface area contributed by atoms with E-state index in [1.54, 1.807) is 75.7 Å². The van der Waals surface area contributed by atoms with Gasteiger partial charge in [-0.15, -0.1) is 12.4 Å². The van der Waals surface area contributed by atoms with E-state index < -0.39 is 5.97 Å². The number of methoxy groups -OCH3 is 2. The number of nitrogens with two attached hydrogens (primary N) is 1. The van der Waals surface area contributed by atoms with Gasteiger partial charge in [-0.05, 0) is 86.9 Å². The average Bonchev–Trinajstić information content (AvgIpc) is 3.32. The largest absolute Gasteiger partial charge is 0.497 e. The Morgan fingerprint density at radius 1 is 0.661 bits per heavy atom. The number of fused-ring (bicyclic) bond motifs is 2. The zero-order valence-electron chi connectivity index (χ0n) is 35.2. The summed E-state index contributed by atoms with van der Waals surface area (Å²) in [5, 5.41) is 14.3. The van der Waals surface area contributed by atoms with Crippen molar-refractivity contribution in [2.45, 2.75) is 38.5 Å². The summed E-state index contributed by atoms with van der Waals surface area (Å²) in [7, 11) is 3.20. The lowest BCUT2D eigenvalue weighted by molar-refractivity contribution is -0.135. The molecule has 0 aliphatic carbocycles. The molecule has 0 radical (unpaired) electrons. The number of benzene rings is 2. The number of pyridine rings is 2. The van der Waals surface area contributed by atoms with Crippen molar-refractivity contribution in [2.24, 2.45) is 17.6 Å². The van der Waals surface area contributed by atoms with E-state index in [9.17, 15) is 9.59 Å². The Morgan fingerprint density at radius 3 is 1.58 bits per heavy atom. The number of nitrogens with one attached hydrogen (secondary N) is 2. The summed E-state index contributed by atoms with van der Waals surface area (Å²) >= 11 is 0. The first-order valence-electron chi connectivity index (χ1n) is 20.6. The second-order valence-electron chi connectivity index (χ2n) is 14.9. The minimum Gasteiger partial charge on any atom is -0.497 e. The maximum Gasteiger partial charge on any atom is 0.322 e. The first-order valence-corrected chi connectivity index (χ1v) is 20.6. The highest BCUT2D eigenvalue weighted by molar-refractivity contribution is 5.86. The summed E-state index contributed by atoms with van der Waals surface area (Å²) < 4.78 is 10.2. The molecule has 17 heteroatoms. The highest BCUT2D eigenvalue weighted by Gasteiger charge is 2.23. The van der Waals surface area contributed by atoms with Crippen molar-refractivity contribution in [1.29, 1.82) is 0 Å². The van der Waals surface area contributed by atoms with Gasteiger partial charge in [0.15, 0.2) is 17.1 Å². The van der Waals surface area contributed by atoms with Crippen molar-refractivity contribution in [3.63, 3.8) is 0 Å². The number of carboxylic acids is 1. The van der Waals surface area contributed by atoms with Gasteiger partial charge in [-0.3, -0.25) is 9.59 Å². The molecule has 0 amide bonds. The molecule has 2 saturated heterocycles. The molecule has 16 nitrogen and oxygen atoms in total. The number of ether oxygens (including phenoxy) is 2. The summed E-state index contributed by atoms with van der Waals surface area (Å²) in [6.45, 7) is 5.08. The molecule has 0 bridgehead atoms. The summed E-state index contributed by atoms with van der Waals surface area (Å²) in [6.07, 6.45) is 16.4. The van der Waals surface area contributed by atoms with Crippen LogP contribution in [0.25, 0.3) is 22.3 Å². The van der Waals surface area contributed by atoms with Crippen LogP contribution in [0.4, 0.5) is 22.7 Å². The molecule has 2 aliphatic heterocycles. The number of hydrogen-bond acceptors (Lipinski definition) is 15. The number of rotatable bonds is 14. The lowest BCUT2D eigenvalue weighted by atomic mass is 9.91. The number of carbonyl (C=O) groups excluding carboxylic acids is 1. The third kappa shape index (κ3) is 13.6. The second kappa shape index (κ2) is 24.2. The summed E-state index contributed by atoms with van der Waals surface area (Å²) in [5.74, 6) is 2.10. The van der Waals surface area contributed by atoms with E-state index in [1.165, 1.54) is 0 Å². The summed E-state index contributed by atoms with van der Waals surface area (Å²) in [5.41, 5.74) is 12.8. The Balaban J connectivity index is 0.000000193. The van der Waals surface area contributed by atoms with Crippen molar-refractivity contribution in [1.82, 2.24) is 29.9 Å². The van der Waals surface area contributed by atoms with E-state index in [0.717, 1.165) is 110 Å². The van der Waals surface area contributed by atoms with Gasteiger partial charge in [0.25, 0.3) is 0 Å². The van der Waals surface area contributed by atoms with Crippen LogP contribution in [-0.2, 0) is 9.59 Å². The first-order chi connectivity index (χ1) is 29.8. The lowest BCUT2D eigenvalue weighted by Crippen LogP contribution is -2.36. The van der Waals surface area contributed by atoms with Crippen LogP contribution in [0.2, 0.25) is 0 Å². The molecule has 328 valence electrons. The number of halogens is 1. The van der Waals surface area contributed by atoms with Gasteiger partial charge in [0.05, 0.1) is 32.1 Å². The molecular formula is C45H56ClN11O5. The van der Waals surface area contributed by atoms with Gasteiger partial charge >= 0.3 is 5.97 Å². The molecule has 6 heterocycles. The topological polar surface area (TPSA) is 207 Å². The van der Waals surface area contributed by atoms with E-state index in [2.05, 4.69) is 50.3 Å². The maximum absolute atomic E-state index is 12.3. The predicted molar refractivity (Wildman–Crippen MR) is 246 cm³/mol. The Kier molecular flexibility index (Phi) is 18.2. The molecule has 2 aromatic carbocycles. The van der Waals surface area contributed by atoms with Crippen molar-refractivity contribution in [3.8, 4) is 11.5 Å². The van der Waals surface area contributed by atoms with Gasteiger partial charge < -0.3 is 40.7 Å². The zero-order valence-corrected chi connectivity index (χ0v) is 36.0. The molecule has 2 aliphatic rings. The van der Waals surface area contributed by atoms with Gasteiger partial charge in [-0.25, -0.2) is 29.9 Å². The number of nitrogens with zero attached hydrogens (tertiary/aromatic N) is 8. The van der Waals surface area contributed by atoms with Crippen LogP contribution in [0.3, 0.4) is 0 Å². The highest BCUT2D eigenvalue weighted by Crippen LogP contribution is 2.30. The van der Waals surface area contributed by atoms with Gasteiger partial charge in [-0.2, -0.15) is 0 Å². The fourth-order valence-electron chi connectivity index (χ4n) is 7.41. The molecule has 0 atom stereocenters. The number of aromatic nitrogens is 6. The Morgan fingerprint density at radius 2 is 1.11 bits per heavy atom. The minimum absolute atomic E-state index is 0. The molecule has 5 N–H and O–H groups in total. The molecule has 0 unspecified atom stereocenters. The van der Waals surface area contributed by atoms with Crippen LogP contribution in [-0.4, -0.2) is 107 Å². The summed E-state index contributed by atoms with van der Waals surface area (Å²) in [6, 6.07) is 18.8. The SMILES string of the molecule is COc1cccc(NCC(=O)CCC2CCN(c3ccnc4nccnc34)CC2)c1.COc1cccc(NCC(=O)O)c1.Cl.NCC1CCN(c2ccnc3nccnc23)CC1. The smallest absolute Gasteiger partial charge is 0.322 e. The Hall–Kier alpha value is -6.39. The monoisotopic (exact) mass is 865 g/mol. The van der Waals surface area contributed by atoms with Crippen LogP contribution >= 0.6 is 12.4 Å².